The van der Waals surface area contributed by atoms with Crippen LogP contribution in [0.4, 0.5) is 0 Å². The highest BCUT2D eigenvalue weighted by Crippen LogP contribution is 2.26. The van der Waals surface area contributed by atoms with Crippen LogP contribution in [0.5, 0.6) is 5.75 Å². The van der Waals surface area contributed by atoms with E-state index in [0.717, 1.165) is 17.7 Å². The van der Waals surface area contributed by atoms with Crippen molar-refractivity contribution >= 4 is 5.78 Å². The quantitative estimate of drug-likeness (QED) is 0.790. The van der Waals surface area contributed by atoms with Crippen LogP contribution in [0.15, 0.2) is 24.3 Å². The molecule has 1 aromatic carbocycles. The minimum Gasteiger partial charge on any atom is -0.497 e. The molecule has 2 heteroatoms. The van der Waals surface area contributed by atoms with Gasteiger partial charge in [-0.3, -0.25) is 4.79 Å². The van der Waals surface area contributed by atoms with Gasteiger partial charge < -0.3 is 4.74 Å². The second-order valence-corrected chi connectivity index (χ2v) is 5.27. The van der Waals surface area contributed by atoms with Gasteiger partial charge in [-0.1, -0.05) is 44.2 Å². The standard InChI is InChI=1S/C16H22O2/c1-18-16-9-7-14(8-10-16)12-15(17)11-13-5-3-2-4-6-13/h7-10,13H,2-6,11-12H2,1H3. The van der Waals surface area contributed by atoms with E-state index >= 15 is 0 Å². The number of carbonyl (C=O) groups is 1. The van der Waals surface area contributed by atoms with Gasteiger partial charge >= 0.3 is 0 Å². The molecule has 18 heavy (non-hydrogen) atoms. The number of ether oxygens (including phenoxy) is 1. The molecule has 1 aliphatic carbocycles. The van der Waals surface area contributed by atoms with Crippen LogP contribution in [0.25, 0.3) is 0 Å². The Balaban J connectivity index is 1.82. The van der Waals surface area contributed by atoms with Gasteiger partial charge in [-0.2, -0.15) is 0 Å². The van der Waals surface area contributed by atoms with Crippen LogP contribution >= 0.6 is 0 Å². The van der Waals surface area contributed by atoms with E-state index in [1.165, 1.54) is 32.1 Å². The summed E-state index contributed by atoms with van der Waals surface area (Å²) in [6.45, 7) is 0. The van der Waals surface area contributed by atoms with Crippen molar-refractivity contribution in [3.8, 4) is 5.75 Å². The van der Waals surface area contributed by atoms with Crippen molar-refractivity contribution in [2.24, 2.45) is 5.92 Å². The van der Waals surface area contributed by atoms with Gasteiger partial charge in [0.1, 0.15) is 11.5 Å². The molecule has 0 bridgehead atoms. The fraction of sp³-hybridized carbons (Fsp3) is 0.562. The average Bonchev–Trinajstić information content (AvgIpc) is 2.40. The highest BCUT2D eigenvalue weighted by Gasteiger charge is 2.17. The van der Waals surface area contributed by atoms with E-state index in [0.29, 0.717) is 18.1 Å². The highest BCUT2D eigenvalue weighted by molar-refractivity contribution is 5.81. The average molecular weight is 246 g/mol. The summed E-state index contributed by atoms with van der Waals surface area (Å²) in [5.41, 5.74) is 1.09. The lowest BCUT2D eigenvalue weighted by Gasteiger charge is -2.20. The predicted molar refractivity (Wildman–Crippen MR) is 72.9 cm³/mol. The molecule has 0 saturated heterocycles. The zero-order valence-corrected chi connectivity index (χ0v) is 11.2. The smallest absolute Gasteiger partial charge is 0.137 e. The van der Waals surface area contributed by atoms with E-state index < -0.39 is 0 Å². The number of benzene rings is 1. The molecule has 0 amide bonds. The first-order valence-corrected chi connectivity index (χ1v) is 6.92. The molecule has 1 fully saturated rings. The minimum atomic E-state index is 0.382. The normalized spacial score (nSPS) is 16.5. The number of hydrogen-bond acceptors (Lipinski definition) is 2. The van der Waals surface area contributed by atoms with Crippen LogP contribution in [0.1, 0.15) is 44.1 Å². The fourth-order valence-electron chi connectivity index (χ4n) is 2.76. The second-order valence-electron chi connectivity index (χ2n) is 5.27. The van der Waals surface area contributed by atoms with Crippen molar-refractivity contribution in [3.05, 3.63) is 29.8 Å². The van der Waals surface area contributed by atoms with Crippen molar-refractivity contribution in [1.82, 2.24) is 0 Å². The zero-order valence-electron chi connectivity index (χ0n) is 11.2. The van der Waals surface area contributed by atoms with Crippen molar-refractivity contribution in [1.29, 1.82) is 0 Å². The van der Waals surface area contributed by atoms with Crippen LogP contribution < -0.4 is 4.74 Å². The molecular formula is C16H22O2. The van der Waals surface area contributed by atoms with Crippen molar-refractivity contribution in [2.75, 3.05) is 7.11 Å². The van der Waals surface area contributed by atoms with E-state index in [2.05, 4.69) is 0 Å². The zero-order chi connectivity index (χ0) is 12.8. The van der Waals surface area contributed by atoms with Crippen molar-refractivity contribution in [2.45, 2.75) is 44.9 Å². The third kappa shape index (κ3) is 3.86. The highest BCUT2D eigenvalue weighted by atomic mass is 16.5. The Morgan fingerprint density at radius 2 is 1.83 bits per heavy atom. The molecule has 1 aromatic rings. The molecule has 0 unspecified atom stereocenters. The first-order chi connectivity index (χ1) is 8.78. The van der Waals surface area contributed by atoms with E-state index in [1.54, 1.807) is 7.11 Å². The number of carbonyl (C=O) groups excluding carboxylic acids is 1. The molecule has 0 aromatic heterocycles. The van der Waals surface area contributed by atoms with Crippen LogP contribution in [-0.4, -0.2) is 12.9 Å². The van der Waals surface area contributed by atoms with Gasteiger partial charge in [-0.15, -0.1) is 0 Å². The van der Waals surface area contributed by atoms with E-state index in [9.17, 15) is 4.79 Å². The molecule has 1 aliphatic rings. The SMILES string of the molecule is COc1ccc(CC(=O)CC2CCCCC2)cc1. The summed E-state index contributed by atoms with van der Waals surface area (Å²) in [4.78, 5) is 12.0. The van der Waals surface area contributed by atoms with Gasteiger partial charge in [0.15, 0.2) is 0 Å². The largest absolute Gasteiger partial charge is 0.497 e. The number of Topliss-reactive ketones (excluding diaryl/α,β-unsaturated/α-hetero) is 1. The Morgan fingerprint density at radius 3 is 2.44 bits per heavy atom. The summed E-state index contributed by atoms with van der Waals surface area (Å²) in [5, 5.41) is 0. The molecule has 0 N–H and O–H groups in total. The number of methoxy groups -OCH3 is 1. The third-order valence-electron chi connectivity index (χ3n) is 3.80. The first-order valence-electron chi connectivity index (χ1n) is 6.92. The Morgan fingerprint density at radius 1 is 1.17 bits per heavy atom. The van der Waals surface area contributed by atoms with E-state index in [-0.39, 0.29) is 0 Å². The molecular weight excluding hydrogens is 224 g/mol. The Kier molecular flexibility index (Phi) is 4.80. The minimum absolute atomic E-state index is 0.382. The Bertz CT molecular complexity index is 375. The Hall–Kier alpha value is -1.31. The van der Waals surface area contributed by atoms with Crippen LogP contribution in [-0.2, 0) is 11.2 Å². The fourth-order valence-corrected chi connectivity index (χ4v) is 2.76. The third-order valence-corrected chi connectivity index (χ3v) is 3.80. The molecule has 0 radical (unpaired) electrons. The maximum Gasteiger partial charge on any atom is 0.137 e. The number of rotatable bonds is 5. The lowest BCUT2D eigenvalue weighted by atomic mass is 9.85. The van der Waals surface area contributed by atoms with Gasteiger partial charge in [-0.25, -0.2) is 0 Å². The molecule has 98 valence electrons. The summed E-state index contributed by atoms with van der Waals surface area (Å²) in [5.74, 6) is 1.87. The molecule has 2 nitrogen and oxygen atoms in total. The summed E-state index contributed by atoms with van der Waals surface area (Å²) < 4.78 is 5.11. The van der Waals surface area contributed by atoms with Gasteiger partial charge in [0.05, 0.1) is 7.11 Å². The summed E-state index contributed by atoms with van der Waals surface area (Å²) >= 11 is 0. The van der Waals surface area contributed by atoms with E-state index in [4.69, 9.17) is 4.74 Å². The predicted octanol–water partition coefficient (Wildman–Crippen LogP) is 3.78. The summed E-state index contributed by atoms with van der Waals surface area (Å²) in [6.07, 6.45) is 7.79. The molecule has 0 heterocycles. The van der Waals surface area contributed by atoms with Crippen molar-refractivity contribution in [3.63, 3.8) is 0 Å². The lowest BCUT2D eigenvalue weighted by molar-refractivity contribution is -0.119. The molecule has 2 rings (SSSR count). The van der Waals surface area contributed by atoms with Gasteiger partial charge in [0.25, 0.3) is 0 Å². The van der Waals surface area contributed by atoms with Crippen LogP contribution in [0, 0.1) is 5.92 Å². The van der Waals surface area contributed by atoms with Crippen LogP contribution in [0.3, 0.4) is 0 Å². The molecule has 0 aliphatic heterocycles. The van der Waals surface area contributed by atoms with Gasteiger partial charge in [-0.05, 0) is 23.6 Å². The monoisotopic (exact) mass is 246 g/mol. The van der Waals surface area contributed by atoms with Gasteiger partial charge in [0, 0.05) is 12.8 Å². The maximum atomic E-state index is 12.0. The summed E-state index contributed by atoms with van der Waals surface area (Å²) in [7, 11) is 1.66. The first kappa shape index (κ1) is 13.1. The topological polar surface area (TPSA) is 26.3 Å². The molecule has 0 atom stereocenters. The molecule has 1 saturated carbocycles. The lowest BCUT2D eigenvalue weighted by Crippen LogP contribution is -2.13. The number of hydrogen-bond donors (Lipinski definition) is 0. The number of ketones is 1. The van der Waals surface area contributed by atoms with E-state index in [1.807, 2.05) is 24.3 Å². The van der Waals surface area contributed by atoms with Crippen molar-refractivity contribution < 1.29 is 9.53 Å². The maximum absolute atomic E-state index is 12.0. The summed E-state index contributed by atoms with van der Waals surface area (Å²) in [6, 6.07) is 7.81. The second kappa shape index (κ2) is 6.58. The van der Waals surface area contributed by atoms with Gasteiger partial charge in [0.2, 0.25) is 0 Å². The Labute approximate surface area is 109 Å². The van der Waals surface area contributed by atoms with Crippen LogP contribution in [0.2, 0.25) is 0 Å². The molecule has 0 spiro atoms.